The van der Waals surface area contributed by atoms with Crippen molar-refractivity contribution in [2.45, 2.75) is 13.0 Å². The summed E-state index contributed by atoms with van der Waals surface area (Å²) in [5.74, 6) is -0.116. The standard InChI is InChI=1S/C14H16N4O/c15-8-7-11-4-1-2-6-13(11)14(19)16-10-12-5-3-9-17-18-12/h1-6,9H,7-8,10,15H2,(H,16,19). The lowest BCUT2D eigenvalue weighted by atomic mass is 10.0. The maximum absolute atomic E-state index is 12.1. The van der Waals surface area contributed by atoms with Crippen LogP contribution in [0.4, 0.5) is 0 Å². The summed E-state index contributed by atoms with van der Waals surface area (Å²) in [6, 6.07) is 11.1. The Kier molecular flexibility index (Phi) is 4.58. The highest BCUT2D eigenvalue weighted by Gasteiger charge is 2.10. The van der Waals surface area contributed by atoms with Gasteiger partial charge in [-0.15, -0.1) is 0 Å². The molecule has 1 aromatic carbocycles. The Hall–Kier alpha value is -2.27. The topological polar surface area (TPSA) is 80.9 Å². The quantitative estimate of drug-likeness (QED) is 0.833. The zero-order valence-electron chi connectivity index (χ0n) is 10.5. The van der Waals surface area contributed by atoms with Crippen molar-refractivity contribution in [3.63, 3.8) is 0 Å². The molecule has 0 aliphatic carbocycles. The van der Waals surface area contributed by atoms with Crippen molar-refractivity contribution in [1.29, 1.82) is 0 Å². The Bertz CT molecular complexity index is 542. The van der Waals surface area contributed by atoms with Gasteiger partial charge in [0.05, 0.1) is 12.2 Å². The molecule has 98 valence electrons. The number of nitrogens with one attached hydrogen (secondary N) is 1. The normalized spacial score (nSPS) is 10.2. The fourth-order valence-electron chi connectivity index (χ4n) is 1.81. The molecule has 1 heterocycles. The van der Waals surface area contributed by atoms with Crippen LogP contribution in [0.3, 0.4) is 0 Å². The number of nitrogens with zero attached hydrogens (tertiary/aromatic N) is 2. The van der Waals surface area contributed by atoms with Gasteiger partial charge in [0.15, 0.2) is 0 Å². The van der Waals surface area contributed by atoms with E-state index in [1.54, 1.807) is 18.3 Å². The summed E-state index contributed by atoms with van der Waals surface area (Å²) in [5.41, 5.74) is 7.90. The molecule has 19 heavy (non-hydrogen) atoms. The molecular weight excluding hydrogens is 240 g/mol. The first-order chi connectivity index (χ1) is 9.31. The van der Waals surface area contributed by atoms with E-state index in [1.165, 1.54) is 0 Å². The summed E-state index contributed by atoms with van der Waals surface area (Å²) >= 11 is 0. The lowest BCUT2D eigenvalue weighted by Crippen LogP contribution is -2.25. The van der Waals surface area contributed by atoms with E-state index in [-0.39, 0.29) is 5.91 Å². The van der Waals surface area contributed by atoms with Gasteiger partial charge in [-0.25, -0.2) is 0 Å². The maximum atomic E-state index is 12.1. The van der Waals surface area contributed by atoms with E-state index in [0.717, 1.165) is 11.3 Å². The van der Waals surface area contributed by atoms with Gasteiger partial charge in [0, 0.05) is 11.8 Å². The third-order valence-corrected chi connectivity index (χ3v) is 2.73. The highest BCUT2D eigenvalue weighted by Crippen LogP contribution is 2.09. The van der Waals surface area contributed by atoms with E-state index in [9.17, 15) is 4.79 Å². The molecule has 0 radical (unpaired) electrons. The van der Waals surface area contributed by atoms with E-state index < -0.39 is 0 Å². The minimum atomic E-state index is -0.116. The first-order valence-electron chi connectivity index (χ1n) is 6.14. The van der Waals surface area contributed by atoms with Gasteiger partial charge < -0.3 is 11.1 Å². The van der Waals surface area contributed by atoms with Crippen LogP contribution in [0.15, 0.2) is 42.6 Å². The summed E-state index contributed by atoms with van der Waals surface area (Å²) in [6.07, 6.45) is 2.29. The monoisotopic (exact) mass is 256 g/mol. The minimum absolute atomic E-state index is 0.116. The highest BCUT2D eigenvalue weighted by atomic mass is 16.1. The molecule has 0 spiro atoms. The number of amides is 1. The van der Waals surface area contributed by atoms with Crippen LogP contribution < -0.4 is 11.1 Å². The Morgan fingerprint density at radius 2 is 2.05 bits per heavy atom. The molecule has 1 aromatic heterocycles. The third-order valence-electron chi connectivity index (χ3n) is 2.73. The summed E-state index contributed by atoms with van der Waals surface area (Å²) in [7, 11) is 0. The Morgan fingerprint density at radius 3 is 2.79 bits per heavy atom. The zero-order chi connectivity index (χ0) is 13.5. The van der Waals surface area contributed by atoms with Crippen LogP contribution in [-0.4, -0.2) is 22.6 Å². The first kappa shape index (κ1) is 13.2. The number of aromatic nitrogens is 2. The van der Waals surface area contributed by atoms with Crippen molar-refractivity contribution in [2.24, 2.45) is 5.73 Å². The van der Waals surface area contributed by atoms with Gasteiger partial charge in [-0.3, -0.25) is 4.79 Å². The minimum Gasteiger partial charge on any atom is -0.346 e. The molecule has 0 aliphatic rings. The van der Waals surface area contributed by atoms with Crippen LogP contribution in [0, 0.1) is 0 Å². The van der Waals surface area contributed by atoms with Crippen molar-refractivity contribution < 1.29 is 4.79 Å². The number of hydrogen-bond donors (Lipinski definition) is 2. The number of rotatable bonds is 5. The largest absolute Gasteiger partial charge is 0.346 e. The first-order valence-corrected chi connectivity index (χ1v) is 6.14. The number of carbonyl (C=O) groups excluding carboxylic acids is 1. The average molecular weight is 256 g/mol. The zero-order valence-corrected chi connectivity index (χ0v) is 10.5. The summed E-state index contributed by atoms with van der Waals surface area (Å²) in [6.45, 7) is 0.887. The predicted octanol–water partition coefficient (Wildman–Crippen LogP) is 0.908. The lowest BCUT2D eigenvalue weighted by molar-refractivity contribution is 0.0949. The predicted molar refractivity (Wildman–Crippen MR) is 72.4 cm³/mol. The van der Waals surface area contributed by atoms with Crippen LogP contribution in [0.25, 0.3) is 0 Å². The van der Waals surface area contributed by atoms with E-state index in [1.807, 2.05) is 24.3 Å². The molecule has 1 amide bonds. The molecule has 5 nitrogen and oxygen atoms in total. The van der Waals surface area contributed by atoms with Gasteiger partial charge in [-0.05, 0) is 36.7 Å². The number of nitrogens with two attached hydrogens (primary N) is 1. The van der Waals surface area contributed by atoms with E-state index in [0.29, 0.717) is 25.1 Å². The summed E-state index contributed by atoms with van der Waals surface area (Å²) in [4.78, 5) is 12.1. The highest BCUT2D eigenvalue weighted by molar-refractivity contribution is 5.95. The number of benzene rings is 1. The van der Waals surface area contributed by atoms with Crippen LogP contribution >= 0.6 is 0 Å². The number of hydrogen-bond acceptors (Lipinski definition) is 4. The van der Waals surface area contributed by atoms with Gasteiger partial charge in [0.2, 0.25) is 0 Å². The van der Waals surface area contributed by atoms with Gasteiger partial charge in [0.25, 0.3) is 5.91 Å². The van der Waals surface area contributed by atoms with E-state index >= 15 is 0 Å². The maximum Gasteiger partial charge on any atom is 0.251 e. The second-order valence-electron chi connectivity index (χ2n) is 4.09. The summed E-state index contributed by atoms with van der Waals surface area (Å²) < 4.78 is 0. The van der Waals surface area contributed by atoms with Gasteiger partial charge in [-0.1, -0.05) is 18.2 Å². The van der Waals surface area contributed by atoms with Crippen molar-refractivity contribution in [2.75, 3.05) is 6.54 Å². The fourth-order valence-corrected chi connectivity index (χ4v) is 1.81. The summed E-state index contributed by atoms with van der Waals surface area (Å²) in [5, 5.41) is 10.5. The molecule has 5 heteroatoms. The SMILES string of the molecule is NCCc1ccccc1C(=O)NCc1cccnn1. The molecule has 3 N–H and O–H groups in total. The Balaban J connectivity index is 2.04. The van der Waals surface area contributed by atoms with Gasteiger partial charge >= 0.3 is 0 Å². The molecule has 0 atom stereocenters. The molecule has 0 bridgehead atoms. The Labute approximate surface area is 111 Å². The molecule has 0 aliphatic heterocycles. The van der Waals surface area contributed by atoms with Crippen LogP contribution in [0.5, 0.6) is 0 Å². The van der Waals surface area contributed by atoms with Crippen LogP contribution in [0.2, 0.25) is 0 Å². The van der Waals surface area contributed by atoms with E-state index in [2.05, 4.69) is 15.5 Å². The van der Waals surface area contributed by atoms with Gasteiger partial charge in [-0.2, -0.15) is 10.2 Å². The molecule has 0 unspecified atom stereocenters. The third kappa shape index (κ3) is 3.59. The molecular formula is C14H16N4O. The second kappa shape index (κ2) is 6.61. The number of carbonyl (C=O) groups is 1. The van der Waals surface area contributed by atoms with Crippen LogP contribution in [-0.2, 0) is 13.0 Å². The Morgan fingerprint density at radius 1 is 1.21 bits per heavy atom. The molecule has 0 saturated heterocycles. The van der Waals surface area contributed by atoms with Gasteiger partial charge in [0.1, 0.15) is 0 Å². The van der Waals surface area contributed by atoms with Crippen molar-refractivity contribution >= 4 is 5.91 Å². The molecule has 2 rings (SSSR count). The van der Waals surface area contributed by atoms with Crippen molar-refractivity contribution in [3.8, 4) is 0 Å². The van der Waals surface area contributed by atoms with Crippen LogP contribution in [0.1, 0.15) is 21.6 Å². The second-order valence-corrected chi connectivity index (χ2v) is 4.09. The lowest BCUT2D eigenvalue weighted by Gasteiger charge is -2.09. The van der Waals surface area contributed by atoms with E-state index in [4.69, 9.17) is 5.73 Å². The van der Waals surface area contributed by atoms with Crippen molar-refractivity contribution in [1.82, 2.24) is 15.5 Å². The smallest absolute Gasteiger partial charge is 0.251 e. The molecule has 2 aromatic rings. The average Bonchev–Trinajstić information content (AvgIpc) is 2.47. The van der Waals surface area contributed by atoms with Crippen molar-refractivity contribution in [3.05, 3.63) is 59.4 Å². The molecule has 0 saturated carbocycles. The molecule has 0 fully saturated rings. The fraction of sp³-hybridized carbons (Fsp3) is 0.214.